The lowest BCUT2D eigenvalue weighted by Crippen LogP contribution is -2.08. The molecular formula is C8H12N2O. The summed E-state index contributed by atoms with van der Waals surface area (Å²) in [7, 11) is 5.57. The fourth-order valence-electron chi connectivity index (χ4n) is 0.764. The van der Waals surface area contributed by atoms with Crippen molar-refractivity contribution in [1.82, 2.24) is 4.98 Å². The minimum atomic E-state index is 0.788. The fraction of sp³-hybridized carbons (Fsp3) is 0.375. The molecule has 3 heteroatoms. The normalized spacial score (nSPS) is 9.36. The molecule has 0 bridgehead atoms. The van der Waals surface area contributed by atoms with Crippen LogP contribution >= 0.6 is 0 Å². The van der Waals surface area contributed by atoms with Crippen molar-refractivity contribution in [3.8, 4) is 5.75 Å². The number of methoxy groups -OCH3 is 1. The van der Waals surface area contributed by atoms with Crippen LogP contribution in [0.4, 0.5) is 5.69 Å². The molecule has 0 spiro atoms. The lowest BCUT2D eigenvalue weighted by molar-refractivity contribution is 0.413. The summed E-state index contributed by atoms with van der Waals surface area (Å²) in [6, 6.07) is 1.94. The topological polar surface area (TPSA) is 25.4 Å². The first-order valence-electron chi connectivity index (χ1n) is 3.40. The molecule has 0 aliphatic rings. The highest BCUT2D eigenvalue weighted by Gasteiger charge is 1.96. The van der Waals surface area contributed by atoms with Crippen molar-refractivity contribution in [3.63, 3.8) is 0 Å². The Bertz CT molecular complexity index is 235. The van der Waals surface area contributed by atoms with Gasteiger partial charge in [-0.2, -0.15) is 0 Å². The quantitative estimate of drug-likeness (QED) is 0.635. The van der Waals surface area contributed by atoms with E-state index in [1.54, 1.807) is 19.5 Å². The van der Waals surface area contributed by atoms with E-state index in [1.807, 2.05) is 25.1 Å². The van der Waals surface area contributed by atoms with Crippen molar-refractivity contribution in [3.05, 3.63) is 18.5 Å². The molecule has 0 atom stereocenters. The number of anilines is 1. The van der Waals surface area contributed by atoms with Gasteiger partial charge < -0.3 is 9.64 Å². The van der Waals surface area contributed by atoms with Crippen LogP contribution in [0, 0.1) is 0 Å². The zero-order valence-electron chi connectivity index (χ0n) is 7.03. The van der Waals surface area contributed by atoms with Crippen LogP contribution in [-0.4, -0.2) is 26.2 Å². The van der Waals surface area contributed by atoms with Gasteiger partial charge in [0.1, 0.15) is 5.75 Å². The van der Waals surface area contributed by atoms with E-state index in [4.69, 9.17) is 4.74 Å². The van der Waals surface area contributed by atoms with E-state index in [9.17, 15) is 0 Å². The van der Waals surface area contributed by atoms with Crippen molar-refractivity contribution in [2.45, 2.75) is 0 Å². The average Bonchev–Trinajstić information content (AvgIpc) is 2.05. The molecular weight excluding hydrogens is 140 g/mol. The first-order chi connectivity index (χ1) is 5.24. The van der Waals surface area contributed by atoms with E-state index in [0.717, 1.165) is 11.4 Å². The minimum absolute atomic E-state index is 0.788. The van der Waals surface area contributed by atoms with Crippen LogP contribution < -0.4 is 9.64 Å². The molecule has 0 aliphatic heterocycles. The molecule has 0 unspecified atom stereocenters. The van der Waals surface area contributed by atoms with Gasteiger partial charge in [0.25, 0.3) is 0 Å². The summed E-state index contributed by atoms with van der Waals surface area (Å²) in [5.74, 6) is 0.788. The fourth-order valence-corrected chi connectivity index (χ4v) is 0.764. The zero-order chi connectivity index (χ0) is 8.27. The molecule has 0 aliphatic carbocycles. The zero-order valence-corrected chi connectivity index (χ0v) is 7.03. The van der Waals surface area contributed by atoms with Crippen molar-refractivity contribution in [1.29, 1.82) is 0 Å². The van der Waals surface area contributed by atoms with E-state index < -0.39 is 0 Å². The maximum Gasteiger partial charge on any atom is 0.139 e. The molecule has 0 saturated heterocycles. The highest BCUT2D eigenvalue weighted by molar-refractivity contribution is 5.46. The van der Waals surface area contributed by atoms with Crippen LogP contribution in [0.2, 0.25) is 0 Å². The van der Waals surface area contributed by atoms with E-state index in [2.05, 4.69) is 4.98 Å². The van der Waals surface area contributed by atoms with Gasteiger partial charge in [-0.15, -0.1) is 0 Å². The highest BCUT2D eigenvalue weighted by atomic mass is 16.5. The Balaban J connectivity index is 2.91. The maximum atomic E-state index is 5.02. The predicted molar refractivity (Wildman–Crippen MR) is 45.1 cm³/mol. The lowest BCUT2D eigenvalue weighted by atomic mass is 10.4. The molecule has 0 fully saturated rings. The van der Waals surface area contributed by atoms with Crippen molar-refractivity contribution >= 4 is 5.69 Å². The SMILES string of the molecule is COc1cncc(N(C)C)c1. The van der Waals surface area contributed by atoms with Crippen LogP contribution in [0.5, 0.6) is 5.75 Å². The van der Waals surface area contributed by atoms with Gasteiger partial charge in [0.2, 0.25) is 0 Å². The summed E-state index contributed by atoms with van der Waals surface area (Å²) in [5, 5.41) is 0. The van der Waals surface area contributed by atoms with Crippen molar-refractivity contribution in [2.75, 3.05) is 26.1 Å². The van der Waals surface area contributed by atoms with Gasteiger partial charge >= 0.3 is 0 Å². The third-order valence-electron chi connectivity index (χ3n) is 1.45. The summed E-state index contributed by atoms with van der Waals surface area (Å²) in [5.41, 5.74) is 1.05. The van der Waals surface area contributed by atoms with Gasteiger partial charge in [0.15, 0.2) is 0 Å². The lowest BCUT2D eigenvalue weighted by Gasteiger charge is -2.11. The van der Waals surface area contributed by atoms with Gasteiger partial charge in [-0.1, -0.05) is 0 Å². The predicted octanol–water partition coefficient (Wildman–Crippen LogP) is 1.16. The molecule has 1 rings (SSSR count). The number of hydrogen-bond donors (Lipinski definition) is 0. The average molecular weight is 152 g/mol. The summed E-state index contributed by atoms with van der Waals surface area (Å²) >= 11 is 0. The third-order valence-corrected chi connectivity index (χ3v) is 1.45. The summed E-state index contributed by atoms with van der Waals surface area (Å²) in [4.78, 5) is 5.99. The van der Waals surface area contributed by atoms with Gasteiger partial charge in [-0.25, -0.2) is 0 Å². The number of ether oxygens (including phenoxy) is 1. The van der Waals surface area contributed by atoms with Crippen LogP contribution in [0.25, 0.3) is 0 Å². The smallest absolute Gasteiger partial charge is 0.139 e. The Morgan fingerprint density at radius 1 is 1.36 bits per heavy atom. The summed E-state index contributed by atoms with van der Waals surface area (Å²) in [6.45, 7) is 0. The second-order valence-electron chi connectivity index (χ2n) is 2.48. The minimum Gasteiger partial charge on any atom is -0.495 e. The second-order valence-corrected chi connectivity index (χ2v) is 2.48. The molecule has 1 aromatic heterocycles. The van der Waals surface area contributed by atoms with E-state index in [0.29, 0.717) is 0 Å². The molecule has 3 nitrogen and oxygen atoms in total. The van der Waals surface area contributed by atoms with Crippen LogP contribution in [0.15, 0.2) is 18.5 Å². The molecule has 0 amide bonds. The van der Waals surface area contributed by atoms with Crippen LogP contribution in [0.1, 0.15) is 0 Å². The largest absolute Gasteiger partial charge is 0.495 e. The molecule has 0 aromatic carbocycles. The first-order valence-corrected chi connectivity index (χ1v) is 3.40. The highest BCUT2D eigenvalue weighted by Crippen LogP contribution is 2.16. The maximum absolute atomic E-state index is 5.02. The molecule has 0 radical (unpaired) electrons. The number of nitrogens with zero attached hydrogens (tertiary/aromatic N) is 2. The Labute approximate surface area is 66.6 Å². The molecule has 0 N–H and O–H groups in total. The second kappa shape index (κ2) is 3.23. The number of hydrogen-bond acceptors (Lipinski definition) is 3. The van der Waals surface area contributed by atoms with Gasteiger partial charge in [-0.05, 0) is 0 Å². The summed E-state index contributed by atoms with van der Waals surface area (Å²) < 4.78 is 5.02. The number of rotatable bonds is 2. The Kier molecular flexibility index (Phi) is 2.31. The van der Waals surface area contributed by atoms with E-state index >= 15 is 0 Å². The van der Waals surface area contributed by atoms with Crippen molar-refractivity contribution < 1.29 is 4.74 Å². The Morgan fingerprint density at radius 2 is 2.09 bits per heavy atom. The van der Waals surface area contributed by atoms with Gasteiger partial charge in [0, 0.05) is 20.2 Å². The Hall–Kier alpha value is -1.25. The third kappa shape index (κ3) is 1.83. The Morgan fingerprint density at radius 3 is 2.64 bits per heavy atom. The molecule has 1 aromatic rings. The van der Waals surface area contributed by atoms with E-state index in [-0.39, 0.29) is 0 Å². The number of pyridine rings is 1. The van der Waals surface area contributed by atoms with Gasteiger partial charge in [0.05, 0.1) is 25.2 Å². The van der Waals surface area contributed by atoms with Gasteiger partial charge in [-0.3, -0.25) is 4.98 Å². The molecule has 0 saturated carbocycles. The number of aromatic nitrogens is 1. The van der Waals surface area contributed by atoms with Crippen LogP contribution in [0.3, 0.4) is 0 Å². The standard InChI is InChI=1S/C8H12N2O/c1-10(2)7-4-8(11-3)6-9-5-7/h4-6H,1-3H3. The monoisotopic (exact) mass is 152 g/mol. The van der Waals surface area contributed by atoms with Crippen molar-refractivity contribution in [2.24, 2.45) is 0 Å². The van der Waals surface area contributed by atoms with Crippen LogP contribution in [-0.2, 0) is 0 Å². The molecule has 60 valence electrons. The first kappa shape index (κ1) is 7.85. The summed E-state index contributed by atoms with van der Waals surface area (Å²) in [6.07, 6.45) is 3.48. The molecule has 1 heterocycles. The molecule has 11 heavy (non-hydrogen) atoms. The van der Waals surface area contributed by atoms with E-state index in [1.165, 1.54) is 0 Å².